The highest BCUT2D eigenvalue weighted by molar-refractivity contribution is 6.75. The molecule has 0 aliphatic rings. The van der Waals surface area contributed by atoms with Crippen LogP contribution in [0.15, 0.2) is 48.5 Å². The van der Waals surface area contributed by atoms with E-state index in [0.717, 1.165) is 22.6 Å². The SMILES string of the molecule is CC(=O)O[C@H](COCc1ccccc1)Cc1ccc(O[Si](C)(C)C(C)(C)C)cc1O[Si](C)(C)C(C)(C)C. The minimum atomic E-state index is -2.13. The van der Waals surface area contributed by atoms with Crippen LogP contribution in [-0.4, -0.2) is 35.3 Å². The lowest BCUT2D eigenvalue weighted by Gasteiger charge is -2.38. The van der Waals surface area contributed by atoms with Crippen LogP contribution in [0.5, 0.6) is 11.5 Å². The second-order valence-electron chi connectivity index (χ2n) is 12.9. The summed E-state index contributed by atoms with van der Waals surface area (Å²) in [5, 5.41) is 0.122. The standard InChI is InChI=1S/C30H48O5Si2/c1-23(31)33-27(22-32-21-24-15-13-12-14-16-24)19-25-17-18-26(34-36(8,9)29(2,3)4)20-28(25)35-37(10,11)30(5,6)7/h12-18,20,27H,19,21-22H2,1-11H3/t27-/m0/s1. The van der Waals surface area contributed by atoms with Gasteiger partial charge in [-0.05, 0) is 53.5 Å². The van der Waals surface area contributed by atoms with Gasteiger partial charge in [0.1, 0.15) is 17.6 Å². The van der Waals surface area contributed by atoms with Gasteiger partial charge in [-0.15, -0.1) is 0 Å². The van der Waals surface area contributed by atoms with Crippen molar-refractivity contribution < 1.29 is 23.1 Å². The Morgan fingerprint density at radius 2 is 1.41 bits per heavy atom. The Labute approximate surface area is 227 Å². The van der Waals surface area contributed by atoms with Crippen molar-refractivity contribution in [1.82, 2.24) is 0 Å². The first-order valence-electron chi connectivity index (χ1n) is 13.2. The molecule has 0 aliphatic carbocycles. The zero-order valence-corrected chi connectivity index (χ0v) is 26.9. The zero-order chi connectivity index (χ0) is 28.1. The number of esters is 1. The largest absolute Gasteiger partial charge is 0.543 e. The first-order valence-corrected chi connectivity index (χ1v) is 19.0. The molecule has 0 bridgehead atoms. The highest BCUT2D eigenvalue weighted by Gasteiger charge is 2.41. The Morgan fingerprint density at radius 3 is 1.95 bits per heavy atom. The van der Waals surface area contributed by atoms with E-state index >= 15 is 0 Å². The van der Waals surface area contributed by atoms with E-state index in [9.17, 15) is 4.79 Å². The molecule has 0 N–H and O–H groups in total. The average Bonchev–Trinajstić information content (AvgIpc) is 2.73. The van der Waals surface area contributed by atoms with Crippen molar-refractivity contribution in [3.8, 4) is 11.5 Å². The molecule has 206 valence electrons. The maximum absolute atomic E-state index is 11.9. The van der Waals surface area contributed by atoms with E-state index in [1.165, 1.54) is 6.92 Å². The van der Waals surface area contributed by atoms with Crippen LogP contribution in [0.4, 0.5) is 0 Å². The molecule has 0 amide bonds. The molecule has 0 saturated carbocycles. The third kappa shape index (κ3) is 9.30. The van der Waals surface area contributed by atoms with E-state index in [1.807, 2.05) is 42.5 Å². The normalized spacial score (nSPS) is 13.7. The summed E-state index contributed by atoms with van der Waals surface area (Å²) in [6.45, 7) is 24.6. The highest BCUT2D eigenvalue weighted by Crippen LogP contribution is 2.41. The summed E-state index contributed by atoms with van der Waals surface area (Å²) in [6.07, 6.45) is 0.0775. The fourth-order valence-corrected chi connectivity index (χ4v) is 5.30. The van der Waals surface area contributed by atoms with Gasteiger partial charge in [-0.25, -0.2) is 0 Å². The van der Waals surface area contributed by atoms with Gasteiger partial charge in [0.25, 0.3) is 0 Å². The minimum absolute atomic E-state index is 0.0364. The number of benzene rings is 2. The van der Waals surface area contributed by atoms with Gasteiger partial charge in [-0.2, -0.15) is 0 Å². The summed E-state index contributed by atoms with van der Waals surface area (Å²) in [7, 11) is -4.15. The topological polar surface area (TPSA) is 54.0 Å². The predicted octanol–water partition coefficient (Wildman–Crippen LogP) is 8.15. The van der Waals surface area contributed by atoms with E-state index in [0.29, 0.717) is 19.6 Å². The molecule has 0 saturated heterocycles. The molecule has 5 nitrogen and oxygen atoms in total. The number of carbonyl (C=O) groups is 1. The molecule has 2 aromatic rings. The first-order chi connectivity index (χ1) is 16.9. The summed E-state index contributed by atoms with van der Waals surface area (Å²) in [5.41, 5.74) is 2.07. The van der Waals surface area contributed by atoms with Gasteiger partial charge in [-0.3, -0.25) is 4.79 Å². The number of rotatable bonds is 11. The van der Waals surface area contributed by atoms with Gasteiger partial charge in [0, 0.05) is 19.4 Å². The lowest BCUT2D eigenvalue weighted by Crippen LogP contribution is -2.44. The Hall–Kier alpha value is -2.10. The van der Waals surface area contributed by atoms with Gasteiger partial charge < -0.3 is 18.3 Å². The van der Waals surface area contributed by atoms with E-state index in [1.54, 1.807) is 0 Å². The van der Waals surface area contributed by atoms with E-state index in [4.69, 9.17) is 18.3 Å². The molecular formula is C30H48O5Si2. The van der Waals surface area contributed by atoms with Crippen molar-refractivity contribution in [2.24, 2.45) is 0 Å². The van der Waals surface area contributed by atoms with Crippen molar-refractivity contribution in [1.29, 1.82) is 0 Å². The maximum Gasteiger partial charge on any atom is 0.302 e. The van der Waals surface area contributed by atoms with Gasteiger partial charge in [0.05, 0.1) is 13.2 Å². The molecule has 37 heavy (non-hydrogen) atoms. The van der Waals surface area contributed by atoms with Crippen LogP contribution in [0.3, 0.4) is 0 Å². The molecular weight excluding hydrogens is 496 g/mol. The monoisotopic (exact) mass is 544 g/mol. The van der Waals surface area contributed by atoms with Crippen molar-refractivity contribution in [2.75, 3.05) is 6.61 Å². The second-order valence-corrected chi connectivity index (χ2v) is 22.4. The van der Waals surface area contributed by atoms with Gasteiger partial charge >= 0.3 is 5.97 Å². The molecule has 0 spiro atoms. The Balaban J connectivity index is 2.34. The molecule has 1 atom stereocenters. The summed E-state index contributed by atoms with van der Waals surface area (Å²) < 4.78 is 25.0. The van der Waals surface area contributed by atoms with Crippen LogP contribution in [0.1, 0.15) is 59.6 Å². The number of ether oxygens (including phenoxy) is 2. The molecule has 0 heterocycles. The smallest absolute Gasteiger partial charge is 0.302 e. The van der Waals surface area contributed by atoms with Crippen molar-refractivity contribution in [3.05, 3.63) is 59.7 Å². The van der Waals surface area contributed by atoms with Crippen molar-refractivity contribution >= 4 is 22.6 Å². The zero-order valence-electron chi connectivity index (χ0n) is 24.9. The number of hydrogen-bond acceptors (Lipinski definition) is 5. The fourth-order valence-electron chi connectivity index (χ4n) is 3.23. The average molecular weight is 545 g/mol. The predicted molar refractivity (Wildman–Crippen MR) is 157 cm³/mol. The number of hydrogen-bond donors (Lipinski definition) is 0. The first kappa shape index (κ1) is 31.1. The lowest BCUT2D eigenvalue weighted by atomic mass is 10.1. The van der Waals surface area contributed by atoms with Gasteiger partial charge in [0.2, 0.25) is 16.6 Å². The lowest BCUT2D eigenvalue weighted by molar-refractivity contribution is -0.149. The second kappa shape index (κ2) is 12.2. The van der Waals surface area contributed by atoms with Crippen LogP contribution in [0.2, 0.25) is 36.3 Å². The van der Waals surface area contributed by atoms with Crippen LogP contribution < -0.4 is 8.85 Å². The molecule has 0 unspecified atom stereocenters. The quantitative estimate of drug-likeness (QED) is 0.211. The maximum atomic E-state index is 11.9. The van der Waals surface area contributed by atoms with Gasteiger partial charge in [0.15, 0.2) is 0 Å². The number of carbonyl (C=O) groups excluding carboxylic acids is 1. The summed E-state index contributed by atoms with van der Waals surface area (Å²) in [4.78, 5) is 11.9. The Morgan fingerprint density at radius 1 is 0.838 bits per heavy atom. The minimum Gasteiger partial charge on any atom is -0.543 e. The van der Waals surface area contributed by atoms with Crippen LogP contribution in [0, 0.1) is 0 Å². The molecule has 2 aromatic carbocycles. The molecule has 0 aromatic heterocycles. The summed E-state index contributed by atoms with van der Waals surface area (Å²) in [5.74, 6) is 1.31. The summed E-state index contributed by atoms with van der Waals surface area (Å²) in [6, 6.07) is 16.1. The third-order valence-electron chi connectivity index (χ3n) is 7.58. The molecule has 0 radical (unpaired) electrons. The van der Waals surface area contributed by atoms with Crippen molar-refractivity contribution in [3.63, 3.8) is 0 Å². The van der Waals surface area contributed by atoms with Gasteiger partial charge in [-0.1, -0.05) is 77.9 Å². The molecule has 2 rings (SSSR count). The van der Waals surface area contributed by atoms with E-state index in [2.05, 4.69) is 73.8 Å². The van der Waals surface area contributed by atoms with Crippen molar-refractivity contribution in [2.45, 2.75) is 104 Å². The van der Waals surface area contributed by atoms with E-state index in [-0.39, 0.29) is 16.0 Å². The molecule has 0 fully saturated rings. The highest BCUT2D eigenvalue weighted by atomic mass is 28.4. The Bertz CT molecular complexity index is 1020. The Kier molecular flexibility index (Phi) is 10.2. The van der Waals surface area contributed by atoms with E-state index < -0.39 is 22.7 Å². The van der Waals surface area contributed by atoms with Crippen LogP contribution >= 0.6 is 0 Å². The van der Waals surface area contributed by atoms with Crippen LogP contribution in [-0.2, 0) is 27.3 Å². The molecule has 0 aliphatic heterocycles. The fraction of sp³-hybridized carbons (Fsp3) is 0.567. The third-order valence-corrected chi connectivity index (χ3v) is 16.3. The van der Waals surface area contributed by atoms with Crippen LogP contribution in [0.25, 0.3) is 0 Å². The molecule has 7 heteroatoms. The summed E-state index contributed by atoms with van der Waals surface area (Å²) >= 11 is 0.